The third-order valence-corrected chi connectivity index (χ3v) is 4.43. The van der Waals surface area contributed by atoms with Gasteiger partial charge in [-0.3, -0.25) is 4.79 Å². The second-order valence-corrected chi connectivity index (χ2v) is 6.69. The van der Waals surface area contributed by atoms with E-state index < -0.39 is 0 Å². The molecule has 5 heteroatoms. The molecule has 0 atom stereocenters. The Hall–Kier alpha value is -3.26. The number of methoxy groups -OCH3 is 2. The van der Waals surface area contributed by atoms with Gasteiger partial charge in [-0.25, -0.2) is 0 Å². The highest BCUT2D eigenvalue weighted by atomic mass is 16.5. The number of nitrogens with one attached hydrogen (secondary N) is 1. The number of amides is 1. The first-order chi connectivity index (χ1) is 13.5. The van der Waals surface area contributed by atoms with E-state index in [1.165, 1.54) is 5.56 Å². The molecule has 2 rings (SSSR count). The minimum Gasteiger partial charge on any atom is -0.493 e. The summed E-state index contributed by atoms with van der Waals surface area (Å²) in [5.41, 5.74) is 3.14. The van der Waals surface area contributed by atoms with E-state index >= 15 is 0 Å². The molecule has 0 spiro atoms. The standard InChI is InChI=1S/C23H26N2O3/c1-16(2)19-8-5-17(6-9-19)13-20(15-24)23(26)25-12-11-18-7-10-21(27-3)22(14-18)28-4/h5-10,13-14,16H,11-12H2,1-4H3,(H,25,26)/b20-13+. The summed E-state index contributed by atoms with van der Waals surface area (Å²) in [6.45, 7) is 4.66. The van der Waals surface area contributed by atoms with Crippen molar-refractivity contribution in [3.8, 4) is 17.6 Å². The minimum absolute atomic E-state index is 0.0876. The van der Waals surface area contributed by atoms with Crippen molar-refractivity contribution in [3.05, 3.63) is 64.7 Å². The summed E-state index contributed by atoms with van der Waals surface area (Å²) in [7, 11) is 3.17. The molecule has 1 N–H and O–H groups in total. The zero-order valence-corrected chi connectivity index (χ0v) is 16.8. The maximum Gasteiger partial charge on any atom is 0.261 e. The molecular weight excluding hydrogens is 352 g/mol. The van der Waals surface area contributed by atoms with Gasteiger partial charge in [-0.15, -0.1) is 0 Å². The molecule has 0 radical (unpaired) electrons. The van der Waals surface area contributed by atoms with Gasteiger partial charge in [-0.1, -0.05) is 44.2 Å². The molecule has 0 aliphatic rings. The first-order valence-corrected chi connectivity index (χ1v) is 9.19. The van der Waals surface area contributed by atoms with E-state index in [9.17, 15) is 10.1 Å². The van der Waals surface area contributed by atoms with E-state index in [1.54, 1.807) is 20.3 Å². The molecule has 0 saturated heterocycles. The van der Waals surface area contributed by atoms with Crippen molar-refractivity contribution in [2.45, 2.75) is 26.2 Å². The van der Waals surface area contributed by atoms with Crippen LogP contribution in [0.1, 0.15) is 36.5 Å². The first kappa shape index (κ1) is 21.0. The molecule has 0 heterocycles. The Bertz CT molecular complexity index is 878. The number of ether oxygens (including phenoxy) is 2. The van der Waals surface area contributed by atoms with Crippen LogP contribution in [0.3, 0.4) is 0 Å². The maximum atomic E-state index is 12.3. The smallest absolute Gasteiger partial charge is 0.261 e. The van der Waals surface area contributed by atoms with Crippen LogP contribution in [0.4, 0.5) is 0 Å². The highest BCUT2D eigenvalue weighted by Gasteiger charge is 2.10. The molecule has 0 aliphatic carbocycles. The zero-order chi connectivity index (χ0) is 20.5. The quantitative estimate of drug-likeness (QED) is 0.555. The topological polar surface area (TPSA) is 71.3 Å². The normalized spacial score (nSPS) is 11.1. The number of nitrogens with zero attached hydrogens (tertiary/aromatic N) is 1. The fourth-order valence-corrected chi connectivity index (χ4v) is 2.74. The largest absolute Gasteiger partial charge is 0.493 e. The maximum absolute atomic E-state index is 12.3. The molecule has 0 saturated carbocycles. The van der Waals surface area contributed by atoms with Gasteiger partial charge < -0.3 is 14.8 Å². The predicted octanol–water partition coefficient (Wildman–Crippen LogP) is 4.09. The first-order valence-electron chi connectivity index (χ1n) is 9.19. The zero-order valence-electron chi connectivity index (χ0n) is 16.8. The van der Waals surface area contributed by atoms with Crippen LogP contribution >= 0.6 is 0 Å². The Morgan fingerprint density at radius 2 is 1.79 bits per heavy atom. The fourth-order valence-electron chi connectivity index (χ4n) is 2.74. The Morgan fingerprint density at radius 1 is 1.11 bits per heavy atom. The third kappa shape index (κ3) is 5.62. The van der Waals surface area contributed by atoms with Gasteiger partial charge in [0.25, 0.3) is 5.91 Å². The van der Waals surface area contributed by atoms with Crippen molar-refractivity contribution < 1.29 is 14.3 Å². The molecule has 28 heavy (non-hydrogen) atoms. The third-order valence-electron chi connectivity index (χ3n) is 4.43. The lowest BCUT2D eigenvalue weighted by Crippen LogP contribution is -2.26. The van der Waals surface area contributed by atoms with Crippen molar-refractivity contribution in [1.29, 1.82) is 5.26 Å². The Morgan fingerprint density at radius 3 is 2.36 bits per heavy atom. The number of carbonyl (C=O) groups is 1. The van der Waals surface area contributed by atoms with Crippen molar-refractivity contribution >= 4 is 12.0 Å². The van der Waals surface area contributed by atoms with Gasteiger partial charge in [0, 0.05) is 6.54 Å². The van der Waals surface area contributed by atoms with Gasteiger partial charge >= 0.3 is 0 Å². The van der Waals surface area contributed by atoms with E-state index in [2.05, 4.69) is 19.2 Å². The predicted molar refractivity (Wildman–Crippen MR) is 110 cm³/mol. The molecule has 0 aromatic heterocycles. The molecule has 146 valence electrons. The van der Waals surface area contributed by atoms with Gasteiger partial charge in [-0.2, -0.15) is 5.26 Å². The summed E-state index contributed by atoms with van der Waals surface area (Å²) in [6.07, 6.45) is 2.23. The lowest BCUT2D eigenvalue weighted by atomic mass is 10.0. The molecule has 0 unspecified atom stereocenters. The van der Waals surface area contributed by atoms with Crippen LogP contribution in [0.25, 0.3) is 6.08 Å². The molecule has 5 nitrogen and oxygen atoms in total. The van der Waals surface area contributed by atoms with E-state index in [0.717, 1.165) is 11.1 Å². The van der Waals surface area contributed by atoms with Crippen LogP contribution in [-0.4, -0.2) is 26.7 Å². The van der Waals surface area contributed by atoms with Gasteiger partial charge in [0.2, 0.25) is 0 Å². The summed E-state index contributed by atoms with van der Waals surface area (Å²) in [5.74, 6) is 1.37. The van der Waals surface area contributed by atoms with Gasteiger partial charge in [-0.05, 0) is 47.2 Å². The van der Waals surface area contributed by atoms with Gasteiger partial charge in [0.05, 0.1) is 14.2 Å². The van der Waals surface area contributed by atoms with Gasteiger partial charge in [0.1, 0.15) is 11.6 Å². The van der Waals surface area contributed by atoms with Crippen molar-refractivity contribution in [1.82, 2.24) is 5.32 Å². The SMILES string of the molecule is COc1ccc(CCNC(=O)/C(C#N)=C/c2ccc(C(C)C)cc2)cc1OC. The second-order valence-electron chi connectivity index (χ2n) is 6.69. The van der Waals surface area contributed by atoms with Crippen LogP contribution in [-0.2, 0) is 11.2 Å². The number of nitriles is 1. The van der Waals surface area contributed by atoms with Crippen molar-refractivity contribution in [3.63, 3.8) is 0 Å². The summed E-state index contributed by atoms with van der Waals surface area (Å²) in [6, 6.07) is 15.5. The van der Waals surface area contributed by atoms with Crippen LogP contribution in [0.5, 0.6) is 11.5 Å². The summed E-state index contributed by atoms with van der Waals surface area (Å²) in [4.78, 5) is 12.3. The lowest BCUT2D eigenvalue weighted by Gasteiger charge is -2.10. The fraction of sp³-hybridized carbons (Fsp3) is 0.304. The lowest BCUT2D eigenvalue weighted by molar-refractivity contribution is -0.117. The van der Waals surface area contributed by atoms with E-state index in [0.29, 0.717) is 30.4 Å². The summed E-state index contributed by atoms with van der Waals surface area (Å²) >= 11 is 0. The van der Waals surface area contributed by atoms with E-state index in [4.69, 9.17) is 9.47 Å². The van der Waals surface area contributed by atoms with Crippen LogP contribution in [0, 0.1) is 11.3 Å². The van der Waals surface area contributed by atoms with Crippen LogP contribution in [0.15, 0.2) is 48.0 Å². The molecule has 1 amide bonds. The van der Waals surface area contributed by atoms with Gasteiger partial charge in [0.15, 0.2) is 11.5 Å². The number of rotatable bonds is 8. The average molecular weight is 378 g/mol. The number of carbonyl (C=O) groups excluding carboxylic acids is 1. The van der Waals surface area contributed by atoms with Crippen LogP contribution in [0.2, 0.25) is 0 Å². The molecule has 0 bridgehead atoms. The summed E-state index contributed by atoms with van der Waals surface area (Å²) < 4.78 is 10.5. The summed E-state index contributed by atoms with van der Waals surface area (Å²) in [5, 5.41) is 12.1. The molecule has 0 aliphatic heterocycles. The van der Waals surface area contributed by atoms with E-state index in [-0.39, 0.29) is 11.5 Å². The Balaban J connectivity index is 1.98. The molecule has 2 aromatic carbocycles. The van der Waals surface area contributed by atoms with Crippen LogP contribution < -0.4 is 14.8 Å². The minimum atomic E-state index is -0.379. The molecule has 2 aromatic rings. The second kappa shape index (κ2) is 10.2. The van der Waals surface area contributed by atoms with Crippen molar-refractivity contribution in [2.75, 3.05) is 20.8 Å². The molecule has 0 fully saturated rings. The molecular formula is C23H26N2O3. The number of hydrogen-bond donors (Lipinski definition) is 1. The van der Waals surface area contributed by atoms with Crippen molar-refractivity contribution in [2.24, 2.45) is 0 Å². The number of benzene rings is 2. The Kier molecular flexibility index (Phi) is 7.65. The monoisotopic (exact) mass is 378 g/mol. The highest BCUT2D eigenvalue weighted by molar-refractivity contribution is 6.01. The average Bonchev–Trinajstić information content (AvgIpc) is 2.71. The Labute approximate surface area is 166 Å². The highest BCUT2D eigenvalue weighted by Crippen LogP contribution is 2.27. The number of hydrogen-bond acceptors (Lipinski definition) is 4. The van der Waals surface area contributed by atoms with E-state index in [1.807, 2.05) is 48.5 Å².